The summed E-state index contributed by atoms with van der Waals surface area (Å²) < 4.78 is 49.6. The Morgan fingerprint density at radius 2 is 1.97 bits per heavy atom. The molecule has 10 heteroatoms. The van der Waals surface area contributed by atoms with Crippen LogP contribution in [0.5, 0.6) is 0 Å². The second-order valence-electron chi connectivity index (χ2n) is 10.4. The van der Waals surface area contributed by atoms with Crippen LogP contribution in [0.15, 0.2) is 42.7 Å². The highest BCUT2D eigenvalue weighted by atomic mass is 19.4. The second-order valence-corrected chi connectivity index (χ2v) is 10.4. The van der Waals surface area contributed by atoms with Crippen LogP contribution in [0.3, 0.4) is 0 Å². The number of anilines is 1. The number of carbonyl (C=O) groups excluding carboxylic acids is 1. The molecule has 0 saturated heterocycles. The third kappa shape index (κ3) is 4.12. The van der Waals surface area contributed by atoms with Crippen molar-refractivity contribution in [3.63, 3.8) is 0 Å². The first-order chi connectivity index (χ1) is 17.7. The van der Waals surface area contributed by atoms with Crippen LogP contribution in [0.1, 0.15) is 64.1 Å². The fourth-order valence-corrected chi connectivity index (χ4v) is 5.70. The van der Waals surface area contributed by atoms with Crippen molar-refractivity contribution in [2.45, 2.75) is 62.5 Å². The molecular formula is C27H28F3N5O2. The first-order valence-corrected chi connectivity index (χ1v) is 12.5. The maximum Gasteiger partial charge on any atom is 0.416 e. The van der Waals surface area contributed by atoms with Crippen LogP contribution in [0.4, 0.5) is 18.9 Å². The number of halogens is 3. The highest BCUT2D eigenvalue weighted by Gasteiger charge is 2.50. The lowest BCUT2D eigenvalue weighted by Gasteiger charge is -2.46. The number of aromatic nitrogens is 3. The Hall–Kier alpha value is -3.24. The molecule has 0 unspecified atom stereocenters. The molecule has 0 spiro atoms. The van der Waals surface area contributed by atoms with E-state index in [1.54, 1.807) is 25.6 Å². The average molecular weight is 512 g/mol. The quantitative estimate of drug-likeness (QED) is 0.511. The van der Waals surface area contributed by atoms with Crippen LogP contribution >= 0.6 is 0 Å². The van der Waals surface area contributed by atoms with E-state index in [1.165, 1.54) is 11.0 Å². The number of ether oxygens (including phenoxy) is 1. The summed E-state index contributed by atoms with van der Waals surface area (Å²) in [6.45, 7) is 0.186. The summed E-state index contributed by atoms with van der Waals surface area (Å²) in [4.78, 5) is 14.9. The van der Waals surface area contributed by atoms with Gasteiger partial charge in [-0.05, 0) is 66.6 Å². The Kier molecular flexibility index (Phi) is 5.65. The van der Waals surface area contributed by atoms with Crippen LogP contribution in [-0.4, -0.2) is 39.9 Å². The summed E-state index contributed by atoms with van der Waals surface area (Å²) >= 11 is 0. The average Bonchev–Trinajstić information content (AvgIpc) is 3.50. The van der Waals surface area contributed by atoms with Crippen molar-refractivity contribution < 1.29 is 22.7 Å². The topological polar surface area (TPSA) is 72.3 Å². The number of methoxy groups -OCH3 is 1. The summed E-state index contributed by atoms with van der Waals surface area (Å²) in [5, 5.41) is 11.7. The molecule has 3 aliphatic rings. The van der Waals surface area contributed by atoms with Gasteiger partial charge in [0.05, 0.1) is 23.6 Å². The molecule has 37 heavy (non-hydrogen) atoms. The standard InChI is InChI=1S/C27H28F3N5O2/c1-34-15-32-33-25(34)26(11-20(12-26)37-2)17-4-3-5-19(10-17)35-14-22-21(24(35)36)8-16(13-31-18-6-7-18)9-23(22)27(28,29)30/h3-5,8-10,15,18,20,31H,6-7,11-14H2,1-2H3. The van der Waals surface area contributed by atoms with Crippen molar-refractivity contribution in [2.24, 2.45) is 7.05 Å². The fraction of sp³-hybridized carbons (Fsp3) is 0.444. The van der Waals surface area contributed by atoms with Gasteiger partial charge in [-0.25, -0.2) is 0 Å². The third-order valence-corrected chi connectivity index (χ3v) is 7.91. The molecule has 2 aliphatic carbocycles. The predicted octanol–water partition coefficient (Wildman–Crippen LogP) is 4.34. The number of rotatable bonds is 7. The third-order valence-electron chi connectivity index (χ3n) is 7.91. The van der Waals surface area contributed by atoms with Gasteiger partial charge in [-0.3, -0.25) is 4.79 Å². The van der Waals surface area contributed by atoms with E-state index in [9.17, 15) is 18.0 Å². The molecule has 1 amide bonds. The molecule has 194 valence electrons. The Bertz CT molecular complexity index is 1360. The minimum absolute atomic E-state index is 0.0316. The van der Waals surface area contributed by atoms with Crippen molar-refractivity contribution in [1.29, 1.82) is 0 Å². The normalized spacial score (nSPS) is 23.3. The van der Waals surface area contributed by atoms with Gasteiger partial charge in [-0.2, -0.15) is 13.2 Å². The van der Waals surface area contributed by atoms with Gasteiger partial charge in [0.1, 0.15) is 12.2 Å². The molecule has 0 atom stereocenters. The van der Waals surface area contributed by atoms with E-state index >= 15 is 0 Å². The van der Waals surface area contributed by atoms with E-state index in [0.717, 1.165) is 24.2 Å². The summed E-state index contributed by atoms with van der Waals surface area (Å²) in [6, 6.07) is 10.6. The van der Waals surface area contributed by atoms with Crippen molar-refractivity contribution >= 4 is 11.6 Å². The van der Waals surface area contributed by atoms with Crippen molar-refractivity contribution in [1.82, 2.24) is 20.1 Å². The molecule has 3 aromatic rings. The van der Waals surface area contributed by atoms with Crippen molar-refractivity contribution in [2.75, 3.05) is 12.0 Å². The molecule has 2 aromatic carbocycles. The number of nitrogens with one attached hydrogen (secondary N) is 1. The van der Waals surface area contributed by atoms with Crippen LogP contribution in [-0.2, 0) is 36.5 Å². The molecule has 2 heterocycles. The zero-order valence-corrected chi connectivity index (χ0v) is 20.7. The monoisotopic (exact) mass is 511 g/mol. The summed E-state index contributed by atoms with van der Waals surface area (Å²) in [6.07, 6.45) is 0.619. The highest BCUT2D eigenvalue weighted by molar-refractivity contribution is 6.10. The highest BCUT2D eigenvalue weighted by Crippen LogP contribution is 2.50. The number of alkyl halides is 3. The second kappa shape index (κ2) is 8.66. The number of aryl methyl sites for hydroxylation is 1. The SMILES string of the molecule is COC1CC(c2cccc(N3Cc4c(cc(CNC5CC5)cc4C(F)(F)F)C3=O)c2)(c2nncn2C)C1. The van der Waals surface area contributed by atoms with Crippen molar-refractivity contribution in [3.05, 3.63) is 76.4 Å². The predicted molar refractivity (Wildman–Crippen MR) is 130 cm³/mol. The fourth-order valence-electron chi connectivity index (χ4n) is 5.70. The Morgan fingerprint density at radius 1 is 1.19 bits per heavy atom. The lowest BCUT2D eigenvalue weighted by Crippen LogP contribution is -2.48. The lowest BCUT2D eigenvalue weighted by atomic mass is 9.62. The molecule has 7 nitrogen and oxygen atoms in total. The number of amides is 1. The molecule has 1 aromatic heterocycles. The number of hydrogen-bond donors (Lipinski definition) is 1. The summed E-state index contributed by atoms with van der Waals surface area (Å²) in [5.74, 6) is 0.378. The van der Waals surface area contributed by atoms with Gasteiger partial charge in [0, 0.05) is 38.0 Å². The first kappa shape index (κ1) is 24.1. The Morgan fingerprint density at radius 3 is 2.62 bits per heavy atom. The first-order valence-electron chi connectivity index (χ1n) is 12.5. The van der Waals surface area contributed by atoms with E-state index in [1.807, 2.05) is 29.8 Å². The molecular weight excluding hydrogens is 483 g/mol. The summed E-state index contributed by atoms with van der Waals surface area (Å²) in [7, 11) is 3.56. The number of fused-ring (bicyclic) bond motifs is 1. The molecule has 2 saturated carbocycles. The lowest BCUT2D eigenvalue weighted by molar-refractivity contribution is -0.138. The van der Waals surface area contributed by atoms with Gasteiger partial charge < -0.3 is 19.5 Å². The molecule has 0 radical (unpaired) electrons. The summed E-state index contributed by atoms with van der Waals surface area (Å²) in [5.41, 5.74) is 0.944. The molecule has 1 aliphatic heterocycles. The van der Waals surface area contributed by atoms with Gasteiger partial charge in [-0.1, -0.05) is 12.1 Å². The molecule has 2 fully saturated rings. The number of hydrogen-bond acceptors (Lipinski definition) is 5. The van der Waals surface area contributed by atoms with E-state index in [-0.39, 0.29) is 23.8 Å². The van der Waals surface area contributed by atoms with Gasteiger partial charge in [0.2, 0.25) is 0 Å². The number of carbonyl (C=O) groups is 1. The van der Waals surface area contributed by atoms with E-state index in [2.05, 4.69) is 15.5 Å². The number of nitrogens with zero attached hydrogens (tertiary/aromatic N) is 4. The van der Waals surface area contributed by atoms with Gasteiger partial charge in [-0.15, -0.1) is 10.2 Å². The Balaban J connectivity index is 1.35. The van der Waals surface area contributed by atoms with E-state index < -0.39 is 23.1 Å². The zero-order valence-electron chi connectivity index (χ0n) is 20.7. The smallest absolute Gasteiger partial charge is 0.381 e. The maximum atomic E-state index is 14.1. The number of benzene rings is 2. The minimum Gasteiger partial charge on any atom is -0.381 e. The van der Waals surface area contributed by atoms with E-state index in [0.29, 0.717) is 36.7 Å². The van der Waals surface area contributed by atoms with Crippen LogP contribution in [0.2, 0.25) is 0 Å². The van der Waals surface area contributed by atoms with Gasteiger partial charge in [0.15, 0.2) is 0 Å². The zero-order chi connectivity index (χ0) is 25.9. The van der Waals surface area contributed by atoms with E-state index in [4.69, 9.17) is 4.74 Å². The molecule has 0 bridgehead atoms. The van der Waals surface area contributed by atoms with Crippen LogP contribution < -0.4 is 10.2 Å². The van der Waals surface area contributed by atoms with Crippen LogP contribution in [0.25, 0.3) is 0 Å². The Labute approximate surface area is 212 Å². The van der Waals surface area contributed by atoms with Gasteiger partial charge in [0.25, 0.3) is 5.91 Å². The molecule has 6 rings (SSSR count). The minimum atomic E-state index is -4.55. The maximum absolute atomic E-state index is 14.1. The van der Waals surface area contributed by atoms with Gasteiger partial charge >= 0.3 is 6.18 Å². The molecule has 1 N–H and O–H groups in total. The van der Waals surface area contributed by atoms with Crippen molar-refractivity contribution in [3.8, 4) is 0 Å². The largest absolute Gasteiger partial charge is 0.416 e. The van der Waals surface area contributed by atoms with Crippen LogP contribution in [0, 0.1) is 0 Å².